The monoisotopic (exact) mass is 390 g/mol. The summed E-state index contributed by atoms with van der Waals surface area (Å²) in [6, 6.07) is 5.45. The number of rotatable bonds is 5. The highest BCUT2D eigenvalue weighted by Crippen LogP contribution is 2.37. The van der Waals surface area contributed by atoms with Crippen LogP contribution in [0.15, 0.2) is 18.2 Å². The van der Waals surface area contributed by atoms with Crippen LogP contribution in [0.25, 0.3) is 10.6 Å². The molecule has 0 radical (unpaired) electrons. The minimum Gasteiger partial charge on any atom is -0.493 e. The van der Waals surface area contributed by atoms with Crippen LogP contribution in [0.3, 0.4) is 0 Å². The highest BCUT2D eigenvalue weighted by molar-refractivity contribution is 7.17. The molecule has 1 N–H and O–H groups in total. The molecule has 0 saturated carbocycles. The number of carbonyl (C=O) groups is 2. The number of benzene rings is 1. The van der Waals surface area contributed by atoms with Gasteiger partial charge < -0.3 is 19.5 Å². The van der Waals surface area contributed by atoms with E-state index in [1.807, 2.05) is 12.1 Å². The first kappa shape index (κ1) is 19.2. The van der Waals surface area contributed by atoms with Crippen molar-refractivity contribution in [1.82, 2.24) is 9.88 Å². The molecule has 1 aromatic carbocycles. The lowest BCUT2D eigenvalue weighted by Crippen LogP contribution is -2.50. The van der Waals surface area contributed by atoms with E-state index in [1.165, 1.54) is 16.2 Å². The Kier molecular flexibility index (Phi) is 5.10. The molecule has 1 saturated heterocycles. The van der Waals surface area contributed by atoms with Gasteiger partial charge in [0.2, 0.25) is 0 Å². The van der Waals surface area contributed by atoms with Crippen molar-refractivity contribution < 1.29 is 24.2 Å². The number of aliphatic carboxylic acids is 1. The Hall–Kier alpha value is -2.61. The molecule has 0 bridgehead atoms. The van der Waals surface area contributed by atoms with E-state index in [0.29, 0.717) is 46.5 Å². The summed E-state index contributed by atoms with van der Waals surface area (Å²) < 4.78 is 10.6. The standard InChI is InChI=1S/C19H22N2O5S/c1-11-15(17(22)21-9-5-8-19(21,2)18(23)24)27-16(20-11)12-6-7-13(25-3)14(10-12)26-4/h6-7,10H,5,8-9H2,1-4H3,(H,23,24). The third kappa shape index (κ3) is 3.25. The number of methoxy groups -OCH3 is 2. The van der Waals surface area contributed by atoms with Gasteiger partial charge in [-0.3, -0.25) is 4.79 Å². The first-order chi connectivity index (χ1) is 12.8. The number of likely N-dealkylation sites (tertiary alicyclic amines) is 1. The minimum atomic E-state index is -1.17. The molecule has 3 rings (SSSR count). The normalized spacial score (nSPS) is 19.2. The summed E-state index contributed by atoms with van der Waals surface area (Å²) in [6.07, 6.45) is 1.13. The van der Waals surface area contributed by atoms with Crippen LogP contribution in [0, 0.1) is 6.92 Å². The first-order valence-corrected chi connectivity index (χ1v) is 9.38. The molecule has 8 heteroatoms. The number of aryl methyl sites for hydroxylation is 1. The van der Waals surface area contributed by atoms with E-state index < -0.39 is 11.5 Å². The molecule has 1 aliphatic heterocycles. The lowest BCUT2D eigenvalue weighted by atomic mass is 9.99. The van der Waals surface area contributed by atoms with Crippen LogP contribution in [0.5, 0.6) is 11.5 Å². The molecule has 1 unspecified atom stereocenters. The van der Waals surface area contributed by atoms with Crippen molar-refractivity contribution in [1.29, 1.82) is 0 Å². The lowest BCUT2D eigenvalue weighted by Gasteiger charge is -2.30. The van der Waals surface area contributed by atoms with Gasteiger partial charge >= 0.3 is 5.97 Å². The van der Waals surface area contributed by atoms with Gasteiger partial charge in [-0.05, 0) is 44.9 Å². The Bertz CT molecular complexity index is 894. The van der Waals surface area contributed by atoms with Gasteiger partial charge in [-0.15, -0.1) is 11.3 Å². The highest BCUT2D eigenvalue weighted by Gasteiger charge is 2.46. The predicted molar refractivity (Wildman–Crippen MR) is 102 cm³/mol. The number of amides is 1. The Morgan fingerprint density at radius 2 is 1.96 bits per heavy atom. The zero-order chi connectivity index (χ0) is 19.8. The van der Waals surface area contributed by atoms with E-state index in [0.717, 1.165) is 5.56 Å². The number of aromatic nitrogens is 1. The summed E-state index contributed by atoms with van der Waals surface area (Å²) >= 11 is 1.26. The van der Waals surface area contributed by atoms with Crippen molar-refractivity contribution in [2.75, 3.05) is 20.8 Å². The third-order valence-electron chi connectivity index (χ3n) is 4.97. The molecule has 0 aliphatic carbocycles. The SMILES string of the molecule is COc1ccc(-c2nc(C)c(C(=O)N3CCCC3(C)C(=O)O)s2)cc1OC. The van der Waals surface area contributed by atoms with E-state index in [-0.39, 0.29) is 5.91 Å². The second-order valence-corrected chi connectivity index (χ2v) is 7.64. The zero-order valence-corrected chi connectivity index (χ0v) is 16.6. The summed E-state index contributed by atoms with van der Waals surface area (Å²) in [5.41, 5.74) is 0.230. The largest absolute Gasteiger partial charge is 0.493 e. The number of carbonyl (C=O) groups excluding carboxylic acids is 1. The quantitative estimate of drug-likeness (QED) is 0.843. The molecule has 1 amide bonds. The molecule has 1 aromatic heterocycles. The van der Waals surface area contributed by atoms with Crippen LogP contribution < -0.4 is 9.47 Å². The summed E-state index contributed by atoms with van der Waals surface area (Å²) in [7, 11) is 3.13. The smallest absolute Gasteiger partial charge is 0.329 e. The molecular weight excluding hydrogens is 368 g/mol. The van der Waals surface area contributed by atoms with Crippen molar-refractivity contribution >= 4 is 23.2 Å². The van der Waals surface area contributed by atoms with Crippen LogP contribution in [-0.2, 0) is 4.79 Å². The van der Waals surface area contributed by atoms with Crippen LogP contribution in [0.2, 0.25) is 0 Å². The van der Waals surface area contributed by atoms with Gasteiger partial charge in [0.15, 0.2) is 11.5 Å². The molecule has 27 heavy (non-hydrogen) atoms. The number of carboxylic acids is 1. The first-order valence-electron chi connectivity index (χ1n) is 8.57. The minimum absolute atomic E-state index is 0.279. The number of nitrogens with zero attached hydrogens (tertiary/aromatic N) is 2. The number of ether oxygens (including phenoxy) is 2. The van der Waals surface area contributed by atoms with Gasteiger partial charge in [-0.2, -0.15) is 0 Å². The number of carboxylic acid groups (broad SMARTS) is 1. The molecule has 2 aromatic rings. The van der Waals surface area contributed by atoms with Crippen molar-refractivity contribution in [3.05, 3.63) is 28.8 Å². The second-order valence-electron chi connectivity index (χ2n) is 6.64. The maximum Gasteiger partial charge on any atom is 0.329 e. The van der Waals surface area contributed by atoms with Gasteiger partial charge in [-0.1, -0.05) is 0 Å². The van der Waals surface area contributed by atoms with Crippen molar-refractivity contribution in [2.45, 2.75) is 32.2 Å². The van der Waals surface area contributed by atoms with Gasteiger partial charge in [0, 0.05) is 12.1 Å². The average Bonchev–Trinajstić information content (AvgIpc) is 3.24. The van der Waals surface area contributed by atoms with Crippen LogP contribution in [0.1, 0.15) is 35.1 Å². The van der Waals surface area contributed by atoms with Crippen LogP contribution >= 0.6 is 11.3 Å². The Labute approximate surface area is 161 Å². The zero-order valence-electron chi connectivity index (χ0n) is 15.7. The molecule has 1 aliphatic rings. The lowest BCUT2D eigenvalue weighted by molar-refractivity contribution is -0.147. The molecule has 2 heterocycles. The molecular formula is C19H22N2O5S. The van der Waals surface area contributed by atoms with E-state index in [4.69, 9.17) is 9.47 Å². The summed E-state index contributed by atoms with van der Waals surface area (Å²) in [5.74, 6) is -0.0661. The van der Waals surface area contributed by atoms with Gasteiger partial charge in [0.25, 0.3) is 5.91 Å². The maximum atomic E-state index is 13.0. The second kappa shape index (κ2) is 7.19. The Morgan fingerprint density at radius 3 is 2.59 bits per heavy atom. The van der Waals surface area contributed by atoms with Crippen LogP contribution in [-0.4, -0.2) is 53.2 Å². The summed E-state index contributed by atoms with van der Waals surface area (Å²) in [5, 5.41) is 10.2. The van der Waals surface area contributed by atoms with E-state index >= 15 is 0 Å². The highest BCUT2D eigenvalue weighted by atomic mass is 32.1. The molecule has 0 spiro atoms. The van der Waals surface area contributed by atoms with Crippen LogP contribution in [0.4, 0.5) is 0 Å². The van der Waals surface area contributed by atoms with Crippen molar-refractivity contribution in [2.24, 2.45) is 0 Å². The van der Waals surface area contributed by atoms with E-state index in [9.17, 15) is 14.7 Å². The molecule has 1 atom stereocenters. The van der Waals surface area contributed by atoms with Crippen molar-refractivity contribution in [3.63, 3.8) is 0 Å². The van der Waals surface area contributed by atoms with Crippen molar-refractivity contribution in [3.8, 4) is 22.1 Å². The third-order valence-corrected chi connectivity index (χ3v) is 6.16. The number of hydrogen-bond donors (Lipinski definition) is 1. The van der Waals surface area contributed by atoms with E-state index in [1.54, 1.807) is 34.1 Å². The average molecular weight is 390 g/mol. The Balaban J connectivity index is 1.95. The summed E-state index contributed by atoms with van der Waals surface area (Å²) in [4.78, 5) is 31.2. The van der Waals surface area contributed by atoms with Gasteiger partial charge in [0.05, 0.1) is 19.9 Å². The fraction of sp³-hybridized carbons (Fsp3) is 0.421. The number of hydrogen-bond acceptors (Lipinski definition) is 6. The topological polar surface area (TPSA) is 89.0 Å². The number of thiazole rings is 1. The summed E-state index contributed by atoms with van der Waals surface area (Å²) in [6.45, 7) is 3.80. The fourth-order valence-electron chi connectivity index (χ4n) is 3.32. The molecule has 1 fully saturated rings. The fourth-order valence-corrected chi connectivity index (χ4v) is 4.33. The Morgan fingerprint density at radius 1 is 1.26 bits per heavy atom. The molecule has 7 nitrogen and oxygen atoms in total. The molecule has 144 valence electrons. The maximum absolute atomic E-state index is 13.0. The van der Waals surface area contributed by atoms with Gasteiger partial charge in [-0.25, -0.2) is 9.78 Å². The predicted octanol–water partition coefficient (Wildman–Crippen LogP) is 3.22. The van der Waals surface area contributed by atoms with E-state index in [2.05, 4.69) is 4.98 Å². The van der Waals surface area contributed by atoms with Gasteiger partial charge in [0.1, 0.15) is 15.4 Å².